The molecular weight excluding hydrogens is 478 g/mol. The number of anilines is 3. The number of aliphatic hydroxyl groups is 2. The zero-order valence-electron chi connectivity index (χ0n) is 21.4. The molecule has 7 rings (SSSR count). The highest BCUT2D eigenvalue weighted by Gasteiger charge is 2.18. The van der Waals surface area contributed by atoms with E-state index in [2.05, 4.69) is 95.9 Å². The molecule has 0 saturated heterocycles. The van der Waals surface area contributed by atoms with Crippen molar-refractivity contribution in [1.82, 2.24) is 0 Å². The van der Waals surface area contributed by atoms with E-state index in [0.717, 1.165) is 39.3 Å². The van der Waals surface area contributed by atoms with Gasteiger partial charge in [-0.2, -0.15) is 0 Å². The predicted octanol–water partition coefficient (Wildman–Crippen LogP) is 8.71. The van der Waals surface area contributed by atoms with E-state index in [9.17, 15) is 10.2 Å². The second-order valence-electron chi connectivity index (χ2n) is 10.0. The Hall–Kier alpha value is -4.70. The van der Waals surface area contributed by atoms with E-state index >= 15 is 0 Å². The maximum absolute atomic E-state index is 9.64. The fraction of sp³-hybridized carbons (Fsp3) is 0.0556. The van der Waals surface area contributed by atoms with Crippen molar-refractivity contribution in [2.75, 3.05) is 4.90 Å². The lowest BCUT2D eigenvalue weighted by molar-refractivity contribution is 0.281. The van der Waals surface area contributed by atoms with Crippen molar-refractivity contribution in [2.45, 2.75) is 13.2 Å². The summed E-state index contributed by atoms with van der Waals surface area (Å²) in [5.74, 6) is 0. The van der Waals surface area contributed by atoms with E-state index < -0.39 is 0 Å². The van der Waals surface area contributed by atoms with Crippen LogP contribution in [0.5, 0.6) is 0 Å². The predicted molar refractivity (Wildman–Crippen MR) is 162 cm³/mol. The molecule has 3 nitrogen and oxygen atoms in total. The molecule has 0 aliphatic carbocycles. The first-order valence-electron chi connectivity index (χ1n) is 13.2. The molecule has 0 unspecified atom stereocenters. The van der Waals surface area contributed by atoms with Gasteiger partial charge in [0.05, 0.1) is 18.9 Å². The molecule has 7 aromatic carbocycles. The standard InChI is InChI=1S/C36H27NO2/c38-22-24-4-8-26(9-5-24)27-12-18-32(19-13-27)37(31-16-6-25(23-39)7-17-31)34-21-15-30-11-10-28-2-1-3-29-14-20-33(34)36(30)35(28)29/h1-21,38-39H,22-23H2. The summed E-state index contributed by atoms with van der Waals surface area (Å²) in [6.07, 6.45) is 0. The van der Waals surface area contributed by atoms with E-state index in [1.54, 1.807) is 0 Å². The van der Waals surface area contributed by atoms with Gasteiger partial charge in [0.15, 0.2) is 0 Å². The summed E-state index contributed by atoms with van der Waals surface area (Å²) in [5.41, 5.74) is 7.21. The lowest BCUT2D eigenvalue weighted by Crippen LogP contribution is -2.10. The van der Waals surface area contributed by atoms with Crippen molar-refractivity contribution >= 4 is 49.4 Å². The van der Waals surface area contributed by atoms with Crippen LogP contribution in [0.2, 0.25) is 0 Å². The van der Waals surface area contributed by atoms with E-state index in [-0.39, 0.29) is 13.2 Å². The molecule has 0 aliphatic rings. The number of hydrogen-bond acceptors (Lipinski definition) is 3. The third-order valence-electron chi connectivity index (χ3n) is 7.72. The molecule has 39 heavy (non-hydrogen) atoms. The molecule has 7 aromatic rings. The van der Waals surface area contributed by atoms with Crippen LogP contribution in [-0.4, -0.2) is 10.2 Å². The van der Waals surface area contributed by atoms with Crippen LogP contribution in [0.1, 0.15) is 11.1 Å². The average Bonchev–Trinajstić information content (AvgIpc) is 3.01. The third kappa shape index (κ3) is 4.00. The fourth-order valence-corrected chi connectivity index (χ4v) is 5.70. The second-order valence-corrected chi connectivity index (χ2v) is 10.0. The van der Waals surface area contributed by atoms with Crippen molar-refractivity contribution in [2.24, 2.45) is 0 Å². The smallest absolute Gasteiger partial charge is 0.0681 e. The maximum atomic E-state index is 9.64. The lowest BCUT2D eigenvalue weighted by Gasteiger charge is -2.28. The maximum Gasteiger partial charge on any atom is 0.0681 e. The minimum absolute atomic E-state index is 0.0166. The quantitative estimate of drug-likeness (QED) is 0.222. The molecule has 0 radical (unpaired) electrons. The first-order chi connectivity index (χ1) is 19.2. The van der Waals surface area contributed by atoms with Gasteiger partial charge in [-0.3, -0.25) is 0 Å². The monoisotopic (exact) mass is 505 g/mol. The summed E-state index contributed by atoms with van der Waals surface area (Å²) in [5, 5.41) is 26.5. The Morgan fingerprint density at radius 3 is 1.49 bits per heavy atom. The van der Waals surface area contributed by atoms with Crippen LogP contribution < -0.4 is 4.90 Å². The van der Waals surface area contributed by atoms with Crippen LogP contribution in [0.3, 0.4) is 0 Å². The molecule has 0 bridgehead atoms. The topological polar surface area (TPSA) is 43.7 Å². The van der Waals surface area contributed by atoms with Crippen molar-refractivity contribution in [3.05, 3.63) is 139 Å². The van der Waals surface area contributed by atoms with Gasteiger partial charge < -0.3 is 15.1 Å². The SMILES string of the molecule is OCc1ccc(-c2ccc(N(c3ccc(CO)cc3)c3ccc4ccc5cccc6ccc3c4c56)cc2)cc1. The molecule has 0 aliphatic heterocycles. The second kappa shape index (κ2) is 9.55. The third-order valence-corrected chi connectivity index (χ3v) is 7.72. The molecule has 0 amide bonds. The van der Waals surface area contributed by atoms with E-state index in [1.165, 1.54) is 32.3 Å². The first-order valence-corrected chi connectivity index (χ1v) is 13.2. The van der Waals surface area contributed by atoms with Crippen LogP contribution in [0.15, 0.2) is 127 Å². The van der Waals surface area contributed by atoms with Gasteiger partial charge in [-0.05, 0) is 79.5 Å². The Bertz CT molecular complexity index is 1890. The Kier molecular flexibility index (Phi) is 5.74. The number of benzene rings is 7. The minimum Gasteiger partial charge on any atom is -0.392 e. The van der Waals surface area contributed by atoms with Gasteiger partial charge in [-0.15, -0.1) is 0 Å². The van der Waals surface area contributed by atoms with Crippen molar-refractivity contribution in [3.8, 4) is 11.1 Å². The average molecular weight is 506 g/mol. The van der Waals surface area contributed by atoms with Crippen molar-refractivity contribution in [1.29, 1.82) is 0 Å². The molecule has 0 aromatic heterocycles. The van der Waals surface area contributed by atoms with Gasteiger partial charge in [-0.25, -0.2) is 0 Å². The molecule has 0 fully saturated rings. The van der Waals surface area contributed by atoms with Crippen LogP contribution >= 0.6 is 0 Å². The van der Waals surface area contributed by atoms with Gasteiger partial charge in [-0.1, -0.05) is 97.1 Å². The fourth-order valence-electron chi connectivity index (χ4n) is 5.70. The van der Waals surface area contributed by atoms with E-state index in [1.807, 2.05) is 36.4 Å². The molecular formula is C36H27NO2. The molecule has 0 saturated carbocycles. The van der Waals surface area contributed by atoms with E-state index in [0.29, 0.717) is 0 Å². The Morgan fingerprint density at radius 1 is 0.436 bits per heavy atom. The summed E-state index contributed by atoms with van der Waals surface area (Å²) in [6.45, 7) is 0.0609. The van der Waals surface area contributed by atoms with Crippen LogP contribution in [0, 0.1) is 0 Å². The molecule has 3 heteroatoms. The number of rotatable bonds is 6. The number of aliphatic hydroxyl groups excluding tert-OH is 2. The van der Waals surface area contributed by atoms with Gasteiger partial charge in [0.2, 0.25) is 0 Å². The Morgan fingerprint density at radius 2 is 0.897 bits per heavy atom. The lowest BCUT2D eigenvalue weighted by atomic mass is 9.93. The molecule has 0 spiro atoms. The largest absolute Gasteiger partial charge is 0.392 e. The van der Waals surface area contributed by atoms with Gasteiger partial charge >= 0.3 is 0 Å². The summed E-state index contributed by atoms with van der Waals surface area (Å²) < 4.78 is 0. The highest BCUT2D eigenvalue weighted by atomic mass is 16.3. The summed E-state index contributed by atoms with van der Waals surface area (Å²) in [4.78, 5) is 2.30. The summed E-state index contributed by atoms with van der Waals surface area (Å²) >= 11 is 0. The molecule has 2 N–H and O–H groups in total. The normalized spacial score (nSPS) is 11.5. The van der Waals surface area contributed by atoms with E-state index in [4.69, 9.17) is 0 Å². The van der Waals surface area contributed by atoms with Crippen molar-refractivity contribution < 1.29 is 10.2 Å². The minimum atomic E-state index is 0.0166. The van der Waals surface area contributed by atoms with Gasteiger partial charge in [0.25, 0.3) is 0 Å². The number of nitrogens with zero attached hydrogens (tertiary/aromatic N) is 1. The van der Waals surface area contributed by atoms with Crippen LogP contribution in [0.25, 0.3) is 43.4 Å². The van der Waals surface area contributed by atoms with Crippen LogP contribution in [-0.2, 0) is 13.2 Å². The highest BCUT2D eigenvalue weighted by molar-refractivity contribution is 6.25. The molecule has 0 atom stereocenters. The summed E-state index contributed by atoms with van der Waals surface area (Å²) in [6, 6.07) is 44.6. The highest BCUT2D eigenvalue weighted by Crippen LogP contribution is 2.44. The zero-order valence-corrected chi connectivity index (χ0v) is 21.4. The summed E-state index contributed by atoms with van der Waals surface area (Å²) in [7, 11) is 0. The molecule has 188 valence electrons. The Balaban J connectivity index is 1.42. The van der Waals surface area contributed by atoms with Crippen LogP contribution in [0.4, 0.5) is 17.1 Å². The number of hydrogen-bond donors (Lipinski definition) is 2. The molecule has 0 heterocycles. The van der Waals surface area contributed by atoms with Gasteiger partial charge in [0.1, 0.15) is 0 Å². The van der Waals surface area contributed by atoms with Crippen molar-refractivity contribution in [3.63, 3.8) is 0 Å². The Labute approximate surface area is 227 Å². The first kappa shape index (κ1) is 23.4. The zero-order chi connectivity index (χ0) is 26.3. The van der Waals surface area contributed by atoms with Gasteiger partial charge in [0, 0.05) is 16.8 Å².